The van der Waals surface area contributed by atoms with Gasteiger partial charge in [0.25, 0.3) is 0 Å². The summed E-state index contributed by atoms with van der Waals surface area (Å²) in [6, 6.07) is 6.36. The molecule has 150 valence electrons. The second-order valence-electron chi connectivity index (χ2n) is 7.77. The minimum Gasteiger partial charge on any atom is -0.492 e. The molecule has 1 aliphatic heterocycles. The number of ether oxygens (including phenoxy) is 1. The number of carbonyl (C=O) groups is 3. The van der Waals surface area contributed by atoms with Crippen LogP contribution in [0.1, 0.15) is 40.0 Å². The molecular weight excluding hydrogens is 356 g/mol. The normalized spacial score (nSPS) is 22.4. The number of imide groups is 1. The highest BCUT2D eigenvalue weighted by atomic mass is 16.5. The zero-order chi connectivity index (χ0) is 20.3. The number of nitrogens with one attached hydrogen (secondary N) is 1. The molecule has 1 heterocycles. The fourth-order valence-corrected chi connectivity index (χ4v) is 3.98. The van der Waals surface area contributed by atoms with Gasteiger partial charge in [0.1, 0.15) is 11.8 Å². The molecule has 3 unspecified atom stereocenters. The molecule has 0 spiro atoms. The Morgan fingerprint density at radius 2 is 1.75 bits per heavy atom. The molecule has 0 saturated carbocycles. The number of para-hydroxylation sites is 2. The monoisotopic (exact) mass is 384 g/mol. The zero-order valence-corrected chi connectivity index (χ0v) is 16.7. The van der Waals surface area contributed by atoms with E-state index in [9.17, 15) is 14.4 Å². The third-order valence-electron chi connectivity index (χ3n) is 5.30. The van der Waals surface area contributed by atoms with Gasteiger partial charge in [0.05, 0.1) is 24.1 Å². The number of anilines is 1. The summed E-state index contributed by atoms with van der Waals surface area (Å²) in [5, 5.41) is 2.87. The van der Waals surface area contributed by atoms with Gasteiger partial charge in [-0.1, -0.05) is 38.1 Å². The summed E-state index contributed by atoms with van der Waals surface area (Å²) in [7, 11) is 0. The predicted octanol–water partition coefficient (Wildman–Crippen LogP) is 3.39. The number of likely N-dealkylation sites (tertiary alicyclic amines) is 1. The molecule has 3 rings (SSSR count). The van der Waals surface area contributed by atoms with Crippen LogP contribution >= 0.6 is 0 Å². The molecular formula is C22H28N2O4. The zero-order valence-electron chi connectivity index (χ0n) is 16.7. The summed E-state index contributed by atoms with van der Waals surface area (Å²) in [5.74, 6) is -0.755. The summed E-state index contributed by atoms with van der Waals surface area (Å²) < 4.78 is 5.57. The van der Waals surface area contributed by atoms with Gasteiger partial charge in [0.15, 0.2) is 0 Å². The Bertz CT molecular complexity index is 760. The third kappa shape index (κ3) is 3.96. The highest BCUT2D eigenvalue weighted by Gasteiger charge is 2.51. The van der Waals surface area contributed by atoms with Crippen LogP contribution in [0.4, 0.5) is 5.69 Å². The van der Waals surface area contributed by atoms with E-state index in [4.69, 9.17) is 4.74 Å². The average molecular weight is 384 g/mol. The van der Waals surface area contributed by atoms with Crippen molar-refractivity contribution in [2.24, 2.45) is 17.8 Å². The molecule has 3 amide bonds. The second-order valence-corrected chi connectivity index (χ2v) is 7.77. The van der Waals surface area contributed by atoms with Crippen molar-refractivity contribution >= 4 is 23.4 Å². The van der Waals surface area contributed by atoms with E-state index in [1.807, 2.05) is 45.1 Å². The van der Waals surface area contributed by atoms with Gasteiger partial charge in [-0.15, -0.1) is 0 Å². The van der Waals surface area contributed by atoms with Crippen LogP contribution in [0, 0.1) is 17.8 Å². The molecule has 0 aromatic heterocycles. The summed E-state index contributed by atoms with van der Waals surface area (Å²) in [4.78, 5) is 40.3. The van der Waals surface area contributed by atoms with E-state index >= 15 is 0 Å². The molecule has 3 atom stereocenters. The number of hydrogen-bond acceptors (Lipinski definition) is 4. The molecule has 28 heavy (non-hydrogen) atoms. The molecule has 6 heteroatoms. The molecule has 1 saturated heterocycles. The summed E-state index contributed by atoms with van der Waals surface area (Å²) in [6.07, 6.45) is 5.45. The highest BCUT2D eigenvalue weighted by molar-refractivity contribution is 6.10. The molecule has 1 fully saturated rings. The van der Waals surface area contributed by atoms with Crippen LogP contribution in [0.15, 0.2) is 36.4 Å². The van der Waals surface area contributed by atoms with E-state index < -0.39 is 6.04 Å². The Balaban J connectivity index is 1.85. The lowest BCUT2D eigenvalue weighted by molar-refractivity contribution is -0.147. The van der Waals surface area contributed by atoms with Gasteiger partial charge < -0.3 is 10.1 Å². The number of benzene rings is 1. The first-order valence-corrected chi connectivity index (χ1v) is 9.98. The Labute approximate surface area is 165 Å². The topological polar surface area (TPSA) is 75.7 Å². The van der Waals surface area contributed by atoms with Crippen LogP contribution in [0.25, 0.3) is 0 Å². The summed E-state index contributed by atoms with van der Waals surface area (Å²) in [6.45, 7) is 6.31. The van der Waals surface area contributed by atoms with Gasteiger partial charge >= 0.3 is 0 Å². The SMILES string of the molecule is CCOc1ccccc1NC(=O)C(CC(C)C)N1C(=O)C2CC=CCC2C1=O. The van der Waals surface area contributed by atoms with Crippen LogP contribution in [0.2, 0.25) is 0 Å². The highest BCUT2D eigenvalue weighted by Crippen LogP contribution is 2.37. The Hall–Kier alpha value is -2.63. The van der Waals surface area contributed by atoms with Crippen LogP contribution in [0.3, 0.4) is 0 Å². The maximum atomic E-state index is 13.2. The van der Waals surface area contributed by atoms with Crippen molar-refractivity contribution in [1.29, 1.82) is 0 Å². The lowest BCUT2D eigenvalue weighted by atomic mass is 9.85. The van der Waals surface area contributed by atoms with Crippen molar-refractivity contribution in [2.75, 3.05) is 11.9 Å². The number of allylic oxidation sites excluding steroid dienone is 2. The van der Waals surface area contributed by atoms with Gasteiger partial charge in [-0.05, 0) is 44.2 Å². The summed E-state index contributed by atoms with van der Waals surface area (Å²) >= 11 is 0. The molecule has 1 aromatic rings. The van der Waals surface area contributed by atoms with Crippen molar-refractivity contribution in [3.8, 4) is 5.75 Å². The minimum absolute atomic E-state index is 0.152. The van der Waals surface area contributed by atoms with Crippen LogP contribution in [-0.4, -0.2) is 35.3 Å². The van der Waals surface area contributed by atoms with Gasteiger partial charge in [-0.3, -0.25) is 19.3 Å². The lowest BCUT2D eigenvalue weighted by Gasteiger charge is -2.27. The van der Waals surface area contributed by atoms with Crippen LogP contribution in [0.5, 0.6) is 5.75 Å². The van der Waals surface area contributed by atoms with Gasteiger partial charge in [0.2, 0.25) is 17.7 Å². The van der Waals surface area contributed by atoms with Crippen molar-refractivity contribution < 1.29 is 19.1 Å². The van der Waals surface area contributed by atoms with Crippen molar-refractivity contribution in [1.82, 2.24) is 4.90 Å². The van der Waals surface area contributed by atoms with Crippen molar-refractivity contribution in [3.05, 3.63) is 36.4 Å². The Morgan fingerprint density at radius 3 is 2.32 bits per heavy atom. The van der Waals surface area contributed by atoms with E-state index in [-0.39, 0.29) is 35.5 Å². The smallest absolute Gasteiger partial charge is 0.247 e. The molecule has 0 radical (unpaired) electrons. The first-order valence-electron chi connectivity index (χ1n) is 9.98. The Kier molecular flexibility index (Phi) is 6.17. The predicted molar refractivity (Wildman–Crippen MR) is 107 cm³/mol. The number of rotatable bonds is 7. The molecule has 0 bridgehead atoms. The average Bonchev–Trinajstić information content (AvgIpc) is 2.92. The van der Waals surface area contributed by atoms with E-state index in [0.29, 0.717) is 37.3 Å². The standard InChI is InChI=1S/C22H28N2O4/c1-4-28-19-12-8-7-11-17(19)23-20(25)18(13-14(2)3)24-21(26)15-9-5-6-10-16(15)22(24)27/h5-8,11-12,14-16,18H,4,9-10,13H2,1-3H3,(H,23,25). The molecule has 1 aliphatic carbocycles. The van der Waals surface area contributed by atoms with Crippen LogP contribution < -0.4 is 10.1 Å². The fraction of sp³-hybridized carbons (Fsp3) is 0.500. The maximum absolute atomic E-state index is 13.2. The number of carbonyl (C=O) groups excluding carboxylic acids is 3. The maximum Gasteiger partial charge on any atom is 0.247 e. The molecule has 1 N–H and O–H groups in total. The summed E-state index contributed by atoms with van der Waals surface area (Å²) in [5.41, 5.74) is 0.543. The number of amides is 3. The number of nitrogens with zero attached hydrogens (tertiary/aromatic N) is 1. The van der Waals surface area contributed by atoms with Crippen molar-refractivity contribution in [2.45, 2.75) is 46.1 Å². The van der Waals surface area contributed by atoms with Gasteiger partial charge in [-0.2, -0.15) is 0 Å². The number of fused-ring (bicyclic) bond motifs is 1. The van der Waals surface area contributed by atoms with Crippen LogP contribution in [-0.2, 0) is 14.4 Å². The quantitative estimate of drug-likeness (QED) is 0.578. The van der Waals surface area contributed by atoms with E-state index in [1.165, 1.54) is 4.90 Å². The van der Waals surface area contributed by atoms with Gasteiger partial charge in [-0.25, -0.2) is 0 Å². The third-order valence-corrected chi connectivity index (χ3v) is 5.30. The minimum atomic E-state index is -0.819. The number of hydrogen-bond donors (Lipinski definition) is 1. The largest absolute Gasteiger partial charge is 0.492 e. The van der Waals surface area contributed by atoms with E-state index in [1.54, 1.807) is 12.1 Å². The van der Waals surface area contributed by atoms with Crippen molar-refractivity contribution in [3.63, 3.8) is 0 Å². The van der Waals surface area contributed by atoms with Gasteiger partial charge in [0, 0.05) is 0 Å². The lowest BCUT2D eigenvalue weighted by Crippen LogP contribution is -2.48. The first-order chi connectivity index (χ1) is 13.4. The Morgan fingerprint density at radius 1 is 1.14 bits per heavy atom. The molecule has 2 aliphatic rings. The second kappa shape index (κ2) is 8.59. The van der Waals surface area contributed by atoms with E-state index in [0.717, 1.165) is 0 Å². The molecule has 6 nitrogen and oxygen atoms in total. The first kappa shape index (κ1) is 20.1. The van der Waals surface area contributed by atoms with E-state index in [2.05, 4.69) is 5.32 Å². The fourth-order valence-electron chi connectivity index (χ4n) is 3.98. The molecule has 1 aromatic carbocycles.